The summed E-state index contributed by atoms with van der Waals surface area (Å²) in [5, 5.41) is 9.00. The van der Waals surface area contributed by atoms with Crippen molar-refractivity contribution in [2.45, 2.75) is 6.42 Å². The van der Waals surface area contributed by atoms with Gasteiger partial charge in [-0.2, -0.15) is 0 Å². The lowest BCUT2D eigenvalue weighted by Gasteiger charge is -2.17. The number of aliphatic hydroxyl groups is 1. The van der Waals surface area contributed by atoms with Gasteiger partial charge in [0.15, 0.2) is 11.5 Å². The van der Waals surface area contributed by atoms with E-state index >= 15 is 0 Å². The fourth-order valence-electron chi connectivity index (χ4n) is 1.47. The number of nitrogens with zero attached hydrogens (tertiary/aromatic N) is 1. The third kappa shape index (κ3) is 2.15. The number of hydrogen-bond acceptors (Lipinski definition) is 4. The second-order valence-electron chi connectivity index (χ2n) is 3.52. The highest BCUT2D eigenvalue weighted by atomic mass is 16.5. The lowest BCUT2D eigenvalue weighted by atomic mass is 10.2. The molecule has 0 aromatic heterocycles. The van der Waals surface area contributed by atoms with Crippen molar-refractivity contribution in [1.29, 1.82) is 0 Å². The summed E-state index contributed by atoms with van der Waals surface area (Å²) < 4.78 is 11.1. The minimum absolute atomic E-state index is 0.0142. The van der Waals surface area contributed by atoms with Crippen molar-refractivity contribution in [2.24, 2.45) is 0 Å². The molecule has 0 spiro atoms. The van der Waals surface area contributed by atoms with Crippen LogP contribution in [0.2, 0.25) is 0 Å². The Morgan fingerprint density at radius 1 is 1.27 bits per heavy atom. The van der Waals surface area contributed by atoms with Crippen LogP contribution in [0.25, 0.3) is 0 Å². The molecule has 4 heteroatoms. The largest absolute Gasteiger partial charge is 0.490 e. The number of ether oxygens (including phenoxy) is 2. The molecular weight excluding hydrogens is 194 g/mol. The summed E-state index contributed by atoms with van der Waals surface area (Å²) in [6.45, 7) is 1.36. The first-order chi connectivity index (χ1) is 7.31. The summed E-state index contributed by atoms with van der Waals surface area (Å²) in [7, 11) is 1.82. The molecule has 1 aromatic carbocycles. The molecule has 0 radical (unpaired) electrons. The molecular formula is C11H15NO3. The van der Waals surface area contributed by atoms with Crippen molar-refractivity contribution in [2.75, 3.05) is 31.9 Å². The van der Waals surface area contributed by atoms with E-state index in [9.17, 15) is 0 Å². The van der Waals surface area contributed by atoms with Gasteiger partial charge in [-0.25, -0.2) is 0 Å². The number of fused-ring (bicyclic) bond motifs is 1. The molecule has 1 heterocycles. The van der Waals surface area contributed by atoms with E-state index in [4.69, 9.17) is 14.6 Å². The van der Waals surface area contributed by atoms with E-state index in [1.54, 1.807) is 4.90 Å². The van der Waals surface area contributed by atoms with E-state index in [0.29, 0.717) is 13.2 Å². The van der Waals surface area contributed by atoms with Gasteiger partial charge in [-0.05, 0) is 12.1 Å². The Kier molecular flexibility index (Phi) is 2.97. The average molecular weight is 209 g/mol. The van der Waals surface area contributed by atoms with Crippen LogP contribution in [0.1, 0.15) is 6.42 Å². The number of anilines is 1. The monoisotopic (exact) mass is 209 g/mol. The van der Waals surface area contributed by atoms with Gasteiger partial charge >= 0.3 is 0 Å². The summed E-state index contributed by atoms with van der Waals surface area (Å²) in [4.78, 5) is 1.73. The molecule has 0 saturated heterocycles. The summed E-state index contributed by atoms with van der Waals surface area (Å²) in [6, 6.07) is 5.67. The second kappa shape index (κ2) is 4.40. The first-order valence-corrected chi connectivity index (χ1v) is 5.03. The van der Waals surface area contributed by atoms with E-state index in [-0.39, 0.29) is 6.73 Å². The van der Waals surface area contributed by atoms with E-state index in [0.717, 1.165) is 23.6 Å². The lowest BCUT2D eigenvalue weighted by Crippen LogP contribution is -2.17. The number of hydrogen-bond donors (Lipinski definition) is 1. The molecule has 4 nitrogen and oxygen atoms in total. The Balaban J connectivity index is 2.27. The number of benzene rings is 1. The molecule has 0 unspecified atom stereocenters. The molecule has 1 aromatic rings. The van der Waals surface area contributed by atoms with Crippen LogP contribution in [-0.2, 0) is 0 Å². The number of aliphatic hydroxyl groups excluding tert-OH is 1. The smallest absolute Gasteiger partial charge is 0.163 e. The van der Waals surface area contributed by atoms with Gasteiger partial charge in [0.1, 0.15) is 6.73 Å². The minimum atomic E-state index is -0.0142. The molecule has 0 bridgehead atoms. The van der Waals surface area contributed by atoms with Gasteiger partial charge in [-0.1, -0.05) is 0 Å². The highest BCUT2D eigenvalue weighted by Gasteiger charge is 2.11. The van der Waals surface area contributed by atoms with Crippen molar-refractivity contribution in [1.82, 2.24) is 0 Å². The molecule has 2 rings (SSSR count). The van der Waals surface area contributed by atoms with Crippen LogP contribution in [0, 0.1) is 0 Å². The van der Waals surface area contributed by atoms with Gasteiger partial charge in [-0.15, -0.1) is 0 Å². The first kappa shape index (κ1) is 10.1. The maximum Gasteiger partial charge on any atom is 0.163 e. The topological polar surface area (TPSA) is 41.9 Å². The molecule has 82 valence electrons. The van der Waals surface area contributed by atoms with Crippen molar-refractivity contribution in [3.8, 4) is 11.5 Å². The quantitative estimate of drug-likeness (QED) is 0.744. The second-order valence-corrected chi connectivity index (χ2v) is 3.52. The van der Waals surface area contributed by atoms with E-state index in [2.05, 4.69) is 0 Å². The average Bonchev–Trinajstić information content (AvgIpc) is 2.51. The van der Waals surface area contributed by atoms with Gasteiger partial charge in [0.05, 0.1) is 13.2 Å². The summed E-state index contributed by atoms with van der Waals surface area (Å²) in [6.07, 6.45) is 0.903. The SMILES string of the molecule is CN(CO)c1ccc2c(c1)OCCCO2. The maximum absolute atomic E-state index is 9.00. The standard InChI is InChI=1S/C11H15NO3/c1-12(8-13)9-3-4-10-11(7-9)15-6-2-5-14-10/h3-4,7,13H,2,5-6,8H2,1H3. The predicted molar refractivity (Wildman–Crippen MR) is 57.5 cm³/mol. The Morgan fingerprint density at radius 2 is 2.00 bits per heavy atom. The molecule has 0 atom stereocenters. The molecule has 0 saturated carbocycles. The van der Waals surface area contributed by atoms with Crippen LogP contribution >= 0.6 is 0 Å². The van der Waals surface area contributed by atoms with Gasteiger partial charge in [-0.3, -0.25) is 0 Å². The zero-order valence-electron chi connectivity index (χ0n) is 8.77. The Morgan fingerprint density at radius 3 is 2.73 bits per heavy atom. The minimum Gasteiger partial charge on any atom is -0.490 e. The zero-order chi connectivity index (χ0) is 10.7. The van der Waals surface area contributed by atoms with Crippen molar-refractivity contribution in [3.63, 3.8) is 0 Å². The summed E-state index contributed by atoms with van der Waals surface area (Å²) >= 11 is 0. The van der Waals surface area contributed by atoms with Gasteiger partial charge in [0.2, 0.25) is 0 Å². The lowest BCUT2D eigenvalue weighted by molar-refractivity contribution is 0.296. The van der Waals surface area contributed by atoms with Crippen LogP contribution in [0.15, 0.2) is 18.2 Å². The van der Waals surface area contributed by atoms with E-state index in [1.165, 1.54) is 0 Å². The molecule has 15 heavy (non-hydrogen) atoms. The van der Waals surface area contributed by atoms with E-state index in [1.807, 2.05) is 25.2 Å². The molecule has 0 amide bonds. The number of rotatable bonds is 2. The summed E-state index contributed by atoms with van der Waals surface area (Å²) in [5.74, 6) is 1.54. The molecule has 1 aliphatic heterocycles. The van der Waals surface area contributed by atoms with Crippen molar-refractivity contribution < 1.29 is 14.6 Å². The Bertz CT molecular complexity index is 341. The van der Waals surface area contributed by atoms with Crippen LogP contribution in [0.3, 0.4) is 0 Å². The molecule has 0 aliphatic carbocycles. The fraction of sp³-hybridized carbons (Fsp3) is 0.455. The Hall–Kier alpha value is -1.42. The zero-order valence-corrected chi connectivity index (χ0v) is 8.77. The third-order valence-electron chi connectivity index (χ3n) is 2.38. The highest BCUT2D eigenvalue weighted by Crippen LogP contribution is 2.33. The van der Waals surface area contributed by atoms with Crippen molar-refractivity contribution in [3.05, 3.63) is 18.2 Å². The van der Waals surface area contributed by atoms with Gasteiger partial charge in [0.25, 0.3) is 0 Å². The third-order valence-corrected chi connectivity index (χ3v) is 2.38. The van der Waals surface area contributed by atoms with Crippen LogP contribution in [0.5, 0.6) is 11.5 Å². The van der Waals surface area contributed by atoms with Crippen LogP contribution in [-0.4, -0.2) is 32.1 Å². The van der Waals surface area contributed by atoms with Crippen LogP contribution in [0.4, 0.5) is 5.69 Å². The molecule has 0 fully saturated rings. The van der Waals surface area contributed by atoms with Crippen LogP contribution < -0.4 is 14.4 Å². The van der Waals surface area contributed by atoms with E-state index < -0.39 is 0 Å². The molecule has 1 N–H and O–H groups in total. The highest BCUT2D eigenvalue weighted by molar-refractivity contribution is 5.55. The van der Waals surface area contributed by atoms with Gasteiger partial charge in [0, 0.05) is 25.2 Å². The van der Waals surface area contributed by atoms with Crippen molar-refractivity contribution >= 4 is 5.69 Å². The normalized spacial score (nSPS) is 14.5. The first-order valence-electron chi connectivity index (χ1n) is 5.03. The molecule has 1 aliphatic rings. The predicted octanol–water partition coefficient (Wildman–Crippen LogP) is 1.23. The Labute approximate surface area is 89.0 Å². The maximum atomic E-state index is 9.00. The van der Waals surface area contributed by atoms with Gasteiger partial charge < -0.3 is 19.5 Å². The fourth-order valence-corrected chi connectivity index (χ4v) is 1.47. The summed E-state index contributed by atoms with van der Waals surface area (Å²) in [5.41, 5.74) is 0.918.